The molecule has 0 saturated heterocycles. The van der Waals surface area contributed by atoms with Gasteiger partial charge in [-0.1, -0.05) is 6.92 Å². The first kappa shape index (κ1) is 12.5. The Kier molecular flexibility index (Phi) is 7.87. The maximum Gasteiger partial charge on any atom is 1.00 e. The van der Waals surface area contributed by atoms with E-state index in [0.29, 0.717) is 0 Å². The Balaban J connectivity index is -0.000000245. The Bertz CT molecular complexity index is 59.6. The second-order valence-electron chi connectivity index (χ2n) is 2.29. The van der Waals surface area contributed by atoms with E-state index in [4.69, 9.17) is 15.3 Å². The number of hydrogen-bond acceptors (Lipinski definition) is 3. The molecule has 0 rings (SSSR count). The molecule has 0 heterocycles. The average molecular weight is 144 g/mol. The summed E-state index contributed by atoms with van der Waals surface area (Å²) < 4.78 is 0. The monoisotopic (exact) mass is 144 g/mol. The molecule has 0 atom stereocenters. The smallest absolute Gasteiger partial charge is 1.00 e. The SMILES string of the molecule is CC(CO)(CO)CO.[H-].[Na+]. The normalized spacial score (nSPS) is 10.7. The van der Waals surface area contributed by atoms with E-state index in [2.05, 4.69) is 0 Å². The fraction of sp³-hybridized carbons (Fsp3) is 1.00. The maximum atomic E-state index is 8.47. The van der Waals surface area contributed by atoms with Gasteiger partial charge in [0.05, 0.1) is 19.8 Å². The summed E-state index contributed by atoms with van der Waals surface area (Å²) in [5.74, 6) is 0. The van der Waals surface area contributed by atoms with Crippen LogP contribution in [-0.4, -0.2) is 35.1 Å². The van der Waals surface area contributed by atoms with Crippen molar-refractivity contribution in [2.45, 2.75) is 6.92 Å². The van der Waals surface area contributed by atoms with Crippen molar-refractivity contribution < 1.29 is 46.3 Å². The predicted octanol–water partition coefficient (Wildman–Crippen LogP) is -3.91. The molecule has 0 aromatic heterocycles. The van der Waals surface area contributed by atoms with Crippen LogP contribution in [0, 0.1) is 5.41 Å². The Labute approximate surface area is 78.5 Å². The molecule has 0 aromatic rings. The second kappa shape index (κ2) is 5.65. The molecule has 0 saturated carbocycles. The Morgan fingerprint density at radius 1 is 1.11 bits per heavy atom. The van der Waals surface area contributed by atoms with Crippen LogP contribution in [0.2, 0.25) is 0 Å². The summed E-state index contributed by atoms with van der Waals surface area (Å²) in [5, 5.41) is 25.4. The van der Waals surface area contributed by atoms with Gasteiger partial charge < -0.3 is 16.7 Å². The van der Waals surface area contributed by atoms with Gasteiger partial charge in [-0.3, -0.25) is 0 Å². The van der Waals surface area contributed by atoms with Crippen LogP contribution in [0.4, 0.5) is 0 Å². The van der Waals surface area contributed by atoms with Crippen molar-refractivity contribution in [2.24, 2.45) is 5.41 Å². The van der Waals surface area contributed by atoms with E-state index in [-0.39, 0.29) is 50.8 Å². The van der Waals surface area contributed by atoms with E-state index in [9.17, 15) is 0 Å². The molecule has 9 heavy (non-hydrogen) atoms. The Hall–Kier alpha value is 0.880. The number of hydrogen-bond donors (Lipinski definition) is 3. The van der Waals surface area contributed by atoms with Crippen LogP contribution in [0.15, 0.2) is 0 Å². The largest absolute Gasteiger partial charge is 1.00 e. The first-order valence-corrected chi connectivity index (χ1v) is 2.51. The van der Waals surface area contributed by atoms with Crippen LogP contribution in [0.5, 0.6) is 0 Å². The van der Waals surface area contributed by atoms with Crippen LogP contribution in [0.3, 0.4) is 0 Å². The maximum absolute atomic E-state index is 8.47. The first-order valence-electron chi connectivity index (χ1n) is 2.51. The second-order valence-corrected chi connectivity index (χ2v) is 2.29. The van der Waals surface area contributed by atoms with Crippen molar-refractivity contribution in [3.63, 3.8) is 0 Å². The van der Waals surface area contributed by atoms with Gasteiger partial charge >= 0.3 is 29.6 Å². The molecule has 3 N–H and O–H groups in total. The summed E-state index contributed by atoms with van der Waals surface area (Å²) in [6.45, 7) is 1.06. The molecular weight excluding hydrogens is 131 g/mol. The Morgan fingerprint density at radius 3 is 1.33 bits per heavy atom. The van der Waals surface area contributed by atoms with Gasteiger partial charge in [-0.05, 0) is 0 Å². The molecule has 0 unspecified atom stereocenters. The van der Waals surface area contributed by atoms with Crippen LogP contribution >= 0.6 is 0 Å². The number of rotatable bonds is 3. The van der Waals surface area contributed by atoms with Crippen LogP contribution < -0.4 is 29.6 Å². The van der Waals surface area contributed by atoms with Crippen LogP contribution in [0.25, 0.3) is 0 Å². The van der Waals surface area contributed by atoms with Gasteiger partial charge in [0.1, 0.15) is 0 Å². The molecule has 0 fully saturated rings. The molecule has 0 radical (unpaired) electrons. The first-order chi connectivity index (χ1) is 3.68. The van der Waals surface area contributed by atoms with Crippen molar-refractivity contribution in [1.82, 2.24) is 0 Å². The van der Waals surface area contributed by atoms with Crippen molar-refractivity contribution in [3.8, 4) is 0 Å². The van der Waals surface area contributed by atoms with Gasteiger partial charge in [0.15, 0.2) is 0 Å². The zero-order chi connectivity index (χ0) is 6.62. The van der Waals surface area contributed by atoms with E-state index in [1.807, 2.05) is 0 Å². The number of aliphatic hydroxyl groups is 3. The van der Waals surface area contributed by atoms with Crippen LogP contribution in [0.1, 0.15) is 8.35 Å². The third-order valence-corrected chi connectivity index (χ3v) is 1.15. The van der Waals surface area contributed by atoms with E-state index in [1.165, 1.54) is 0 Å². The molecule has 0 spiro atoms. The molecule has 0 bridgehead atoms. The molecule has 52 valence electrons. The van der Waals surface area contributed by atoms with Gasteiger partial charge in [-0.2, -0.15) is 0 Å². The zero-order valence-electron chi connectivity index (χ0n) is 6.96. The minimum Gasteiger partial charge on any atom is -1.00 e. The quantitative estimate of drug-likeness (QED) is 0.355. The van der Waals surface area contributed by atoms with Gasteiger partial charge in [0, 0.05) is 5.41 Å². The summed E-state index contributed by atoms with van der Waals surface area (Å²) in [6.07, 6.45) is 0. The van der Waals surface area contributed by atoms with Crippen molar-refractivity contribution in [2.75, 3.05) is 19.8 Å². The van der Waals surface area contributed by atoms with Gasteiger partial charge in [-0.25, -0.2) is 0 Å². The number of aliphatic hydroxyl groups excluding tert-OH is 3. The predicted molar refractivity (Wildman–Crippen MR) is 30.5 cm³/mol. The molecule has 0 aromatic carbocycles. The van der Waals surface area contributed by atoms with Crippen molar-refractivity contribution in [3.05, 3.63) is 0 Å². The van der Waals surface area contributed by atoms with Crippen molar-refractivity contribution >= 4 is 0 Å². The summed E-state index contributed by atoms with van der Waals surface area (Å²) in [7, 11) is 0. The summed E-state index contributed by atoms with van der Waals surface area (Å²) >= 11 is 0. The van der Waals surface area contributed by atoms with Gasteiger partial charge in [0.2, 0.25) is 0 Å². The van der Waals surface area contributed by atoms with Gasteiger partial charge in [0.25, 0.3) is 0 Å². The molecule has 0 amide bonds. The van der Waals surface area contributed by atoms with Crippen molar-refractivity contribution in [1.29, 1.82) is 0 Å². The third kappa shape index (κ3) is 4.31. The molecule has 0 aliphatic carbocycles. The van der Waals surface area contributed by atoms with E-state index in [1.54, 1.807) is 6.92 Å². The van der Waals surface area contributed by atoms with Gasteiger partial charge in [-0.15, -0.1) is 0 Å². The third-order valence-electron chi connectivity index (χ3n) is 1.15. The van der Waals surface area contributed by atoms with Crippen LogP contribution in [-0.2, 0) is 0 Å². The zero-order valence-corrected chi connectivity index (χ0v) is 7.96. The average Bonchev–Trinajstić information content (AvgIpc) is 1.87. The van der Waals surface area contributed by atoms with E-state index in [0.717, 1.165) is 0 Å². The minimum atomic E-state index is -0.708. The summed E-state index contributed by atoms with van der Waals surface area (Å²) in [5.41, 5.74) is -0.708. The summed E-state index contributed by atoms with van der Waals surface area (Å²) in [4.78, 5) is 0. The van der Waals surface area contributed by atoms with E-state index >= 15 is 0 Å². The molecule has 3 nitrogen and oxygen atoms in total. The summed E-state index contributed by atoms with van der Waals surface area (Å²) in [6, 6.07) is 0. The fourth-order valence-electron chi connectivity index (χ4n) is 0.150. The Morgan fingerprint density at radius 2 is 1.33 bits per heavy atom. The minimum absolute atomic E-state index is 0. The van der Waals surface area contributed by atoms with E-state index < -0.39 is 5.41 Å². The molecule has 0 aliphatic rings. The standard InChI is InChI=1S/C5H12O3.Na.H/c1-5(2-6,3-7)4-8;;/h6-8H,2-4H2,1H3;;/q;+1;-1. The topological polar surface area (TPSA) is 60.7 Å². The fourth-order valence-corrected chi connectivity index (χ4v) is 0.150. The molecule has 4 heteroatoms. The molecular formula is C5H13NaO3. The molecule has 0 aliphatic heterocycles.